The fraction of sp³-hybridized carbons (Fsp3) is 0.167. The van der Waals surface area contributed by atoms with Crippen LogP contribution in [0.3, 0.4) is 0 Å². The number of halogens is 1. The third kappa shape index (κ3) is 5.35. The third-order valence-electron chi connectivity index (χ3n) is 3.32. The Morgan fingerprint density at radius 1 is 1.00 bits per heavy atom. The van der Waals surface area contributed by atoms with Crippen molar-refractivity contribution in [2.24, 2.45) is 0 Å². The van der Waals surface area contributed by atoms with E-state index in [0.717, 1.165) is 10.0 Å². The van der Waals surface area contributed by atoms with E-state index in [2.05, 4.69) is 21.2 Å². The van der Waals surface area contributed by atoms with Crippen LogP contribution in [-0.2, 0) is 11.3 Å². The molecule has 2 aromatic carbocycles. The van der Waals surface area contributed by atoms with Crippen molar-refractivity contribution in [2.75, 3.05) is 0 Å². The Bertz CT molecular complexity index is 731. The molecule has 4 nitrogen and oxygen atoms in total. The lowest BCUT2D eigenvalue weighted by Gasteiger charge is -2.05. The molecule has 116 valence electrons. The summed E-state index contributed by atoms with van der Waals surface area (Å²) in [4.78, 5) is 23.8. The number of benzene rings is 2. The van der Waals surface area contributed by atoms with Crippen molar-refractivity contribution in [2.45, 2.75) is 19.4 Å². The molecule has 1 N–H and O–H groups in total. The van der Waals surface area contributed by atoms with Gasteiger partial charge in [-0.1, -0.05) is 40.2 Å². The van der Waals surface area contributed by atoms with E-state index >= 15 is 0 Å². The highest BCUT2D eigenvalue weighted by molar-refractivity contribution is 9.10. The van der Waals surface area contributed by atoms with Gasteiger partial charge in [0.25, 0.3) is 0 Å². The number of Topliss-reactive ketones (excluding diaryl/α,β-unsaturated/α-hetero) is 1. The number of ketones is 1. The molecule has 0 aliphatic carbocycles. The summed E-state index contributed by atoms with van der Waals surface area (Å²) in [5, 5.41) is 11.5. The molecule has 23 heavy (non-hydrogen) atoms. The molecule has 0 fully saturated rings. The first kappa shape index (κ1) is 16.9. The minimum atomic E-state index is -0.167. The van der Waals surface area contributed by atoms with Crippen LogP contribution in [0.15, 0.2) is 53.0 Å². The number of hydrogen-bond acceptors (Lipinski definition) is 3. The summed E-state index contributed by atoms with van der Waals surface area (Å²) in [5.74, 6) is -0.217. The van der Waals surface area contributed by atoms with Crippen molar-refractivity contribution in [1.82, 2.24) is 5.32 Å². The zero-order valence-corrected chi connectivity index (χ0v) is 14.0. The predicted molar refractivity (Wildman–Crippen MR) is 90.7 cm³/mol. The Labute approximate surface area is 143 Å². The van der Waals surface area contributed by atoms with E-state index in [-0.39, 0.29) is 24.5 Å². The molecule has 0 aliphatic rings. The van der Waals surface area contributed by atoms with Crippen LogP contribution in [0.5, 0.6) is 0 Å². The highest BCUT2D eigenvalue weighted by atomic mass is 79.9. The lowest BCUT2D eigenvalue weighted by Crippen LogP contribution is -2.23. The molecule has 0 radical (unpaired) electrons. The van der Waals surface area contributed by atoms with Crippen LogP contribution in [0, 0.1) is 11.3 Å². The van der Waals surface area contributed by atoms with Gasteiger partial charge in [0, 0.05) is 29.4 Å². The van der Waals surface area contributed by atoms with Gasteiger partial charge in [-0.2, -0.15) is 5.26 Å². The molecule has 0 heterocycles. The normalized spacial score (nSPS) is 9.91. The maximum Gasteiger partial charge on any atom is 0.220 e. The van der Waals surface area contributed by atoms with E-state index in [0.29, 0.717) is 17.7 Å². The summed E-state index contributed by atoms with van der Waals surface area (Å²) in [6.45, 7) is 0.386. The lowest BCUT2D eigenvalue weighted by atomic mass is 10.1. The SMILES string of the molecule is N#Cc1ccc(CNC(=O)CCC(=O)c2ccc(Br)cc2)cc1. The fourth-order valence-corrected chi connectivity index (χ4v) is 2.26. The largest absolute Gasteiger partial charge is 0.352 e. The molecule has 0 spiro atoms. The summed E-state index contributed by atoms with van der Waals surface area (Å²) in [7, 11) is 0. The van der Waals surface area contributed by atoms with Gasteiger partial charge >= 0.3 is 0 Å². The summed E-state index contributed by atoms with van der Waals surface area (Å²) in [5.41, 5.74) is 2.10. The Morgan fingerprint density at radius 3 is 2.26 bits per heavy atom. The number of nitriles is 1. The quantitative estimate of drug-likeness (QED) is 0.789. The minimum absolute atomic E-state index is 0.0500. The smallest absolute Gasteiger partial charge is 0.220 e. The molecule has 0 saturated carbocycles. The topological polar surface area (TPSA) is 70.0 Å². The number of carbonyl (C=O) groups excluding carboxylic acids is 2. The van der Waals surface area contributed by atoms with E-state index in [1.54, 1.807) is 48.5 Å². The number of rotatable bonds is 6. The predicted octanol–water partition coefficient (Wildman–Crippen LogP) is 3.60. The lowest BCUT2D eigenvalue weighted by molar-refractivity contribution is -0.121. The number of nitrogens with zero attached hydrogens (tertiary/aromatic N) is 1. The van der Waals surface area contributed by atoms with Gasteiger partial charge in [-0.05, 0) is 29.8 Å². The summed E-state index contributed by atoms with van der Waals surface area (Å²) < 4.78 is 0.911. The number of carbonyl (C=O) groups is 2. The van der Waals surface area contributed by atoms with Gasteiger partial charge in [-0.3, -0.25) is 9.59 Å². The maximum absolute atomic E-state index is 12.0. The molecular weight excluding hydrogens is 356 g/mol. The molecule has 0 aliphatic heterocycles. The van der Waals surface area contributed by atoms with E-state index < -0.39 is 0 Å². The van der Waals surface area contributed by atoms with Crippen molar-refractivity contribution < 1.29 is 9.59 Å². The van der Waals surface area contributed by atoms with Crippen molar-refractivity contribution in [3.05, 3.63) is 69.7 Å². The molecule has 0 aromatic heterocycles. The highest BCUT2D eigenvalue weighted by Crippen LogP contribution is 2.12. The summed E-state index contributed by atoms with van der Waals surface area (Å²) in [6.07, 6.45) is 0.339. The summed E-state index contributed by atoms with van der Waals surface area (Å²) in [6, 6.07) is 16.1. The van der Waals surface area contributed by atoms with Crippen LogP contribution in [0.4, 0.5) is 0 Å². The molecule has 0 saturated heterocycles. The van der Waals surface area contributed by atoms with Crippen LogP contribution in [0.25, 0.3) is 0 Å². The molecule has 2 aromatic rings. The average molecular weight is 371 g/mol. The average Bonchev–Trinajstić information content (AvgIpc) is 2.59. The number of nitrogens with one attached hydrogen (secondary N) is 1. The van der Waals surface area contributed by atoms with Crippen LogP contribution in [-0.4, -0.2) is 11.7 Å². The number of hydrogen-bond donors (Lipinski definition) is 1. The molecule has 0 unspecified atom stereocenters. The van der Waals surface area contributed by atoms with Gasteiger partial charge in [-0.25, -0.2) is 0 Å². The second-order valence-electron chi connectivity index (χ2n) is 5.02. The van der Waals surface area contributed by atoms with Crippen molar-refractivity contribution in [1.29, 1.82) is 5.26 Å². The second-order valence-corrected chi connectivity index (χ2v) is 5.93. The van der Waals surface area contributed by atoms with Gasteiger partial charge in [0.05, 0.1) is 11.6 Å². The molecule has 1 amide bonds. The molecule has 0 bridgehead atoms. The standard InChI is InChI=1S/C18H15BrN2O2/c19-16-7-5-15(6-8-16)17(22)9-10-18(23)21-12-14-3-1-13(11-20)2-4-14/h1-8H,9-10,12H2,(H,21,23). The minimum Gasteiger partial charge on any atom is -0.352 e. The zero-order valence-electron chi connectivity index (χ0n) is 12.4. The van der Waals surface area contributed by atoms with Gasteiger partial charge in [-0.15, -0.1) is 0 Å². The number of amides is 1. The van der Waals surface area contributed by atoms with Crippen LogP contribution in [0.1, 0.15) is 34.3 Å². The van der Waals surface area contributed by atoms with Crippen molar-refractivity contribution in [3.63, 3.8) is 0 Å². The maximum atomic E-state index is 12.0. The molecule has 5 heteroatoms. The second kappa shape index (κ2) is 8.25. The van der Waals surface area contributed by atoms with E-state index in [1.807, 2.05) is 6.07 Å². The summed E-state index contributed by atoms with van der Waals surface area (Å²) >= 11 is 3.32. The first-order valence-corrected chi connectivity index (χ1v) is 7.92. The van der Waals surface area contributed by atoms with Crippen LogP contribution >= 0.6 is 15.9 Å². The van der Waals surface area contributed by atoms with Gasteiger partial charge in [0.15, 0.2) is 5.78 Å². The Hall–Kier alpha value is -2.45. The Kier molecular flexibility index (Phi) is 6.07. The van der Waals surface area contributed by atoms with E-state index in [9.17, 15) is 9.59 Å². The van der Waals surface area contributed by atoms with Gasteiger partial charge < -0.3 is 5.32 Å². The molecular formula is C18H15BrN2O2. The van der Waals surface area contributed by atoms with Gasteiger partial charge in [0.1, 0.15) is 0 Å². The Morgan fingerprint density at radius 2 is 1.65 bits per heavy atom. The fourth-order valence-electron chi connectivity index (χ4n) is 1.99. The third-order valence-corrected chi connectivity index (χ3v) is 3.85. The zero-order chi connectivity index (χ0) is 16.7. The first-order valence-electron chi connectivity index (χ1n) is 7.13. The van der Waals surface area contributed by atoms with Gasteiger partial charge in [0.2, 0.25) is 5.91 Å². The monoisotopic (exact) mass is 370 g/mol. The van der Waals surface area contributed by atoms with Crippen LogP contribution < -0.4 is 5.32 Å². The highest BCUT2D eigenvalue weighted by Gasteiger charge is 2.09. The first-order chi connectivity index (χ1) is 11.1. The van der Waals surface area contributed by atoms with E-state index in [1.165, 1.54) is 0 Å². The van der Waals surface area contributed by atoms with Crippen molar-refractivity contribution in [3.8, 4) is 6.07 Å². The molecule has 2 rings (SSSR count). The Balaban J connectivity index is 1.77. The van der Waals surface area contributed by atoms with Crippen molar-refractivity contribution >= 4 is 27.6 Å². The molecule has 0 atom stereocenters. The van der Waals surface area contributed by atoms with Crippen LogP contribution in [0.2, 0.25) is 0 Å². The van der Waals surface area contributed by atoms with E-state index in [4.69, 9.17) is 5.26 Å².